The van der Waals surface area contributed by atoms with Crippen molar-refractivity contribution >= 4 is 11.8 Å². The summed E-state index contributed by atoms with van der Waals surface area (Å²) in [6.45, 7) is 2.66. The molecule has 0 aliphatic rings. The number of aryl methyl sites for hydroxylation is 1. The van der Waals surface area contributed by atoms with Gasteiger partial charge in [-0.25, -0.2) is 0 Å². The van der Waals surface area contributed by atoms with Gasteiger partial charge in [-0.3, -0.25) is 9.59 Å². The van der Waals surface area contributed by atoms with Crippen LogP contribution in [0.3, 0.4) is 0 Å². The third-order valence-electron chi connectivity index (χ3n) is 3.74. The number of nitrogens with one attached hydrogen (secondary N) is 2. The molecule has 0 aliphatic heterocycles. The predicted molar refractivity (Wildman–Crippen MR) is 96.4 cm³/mol. The molecule has 0 heterocycles. The zero-order chi connectivity index (χ0) is 18.2. The molecule has 6 heteroatoms. The fraction of sp³-hybridized carbons (Fsp3) is 0.263. The summed E-state index contributed by atoms with van der Waals surface area (Å²) in [7, 11) is 1.54. The highest BCUT2D eigenvalue weighted by molar-refractivity contribution is 5.98. The lowest BCUT2D eigenvalue weighted by Crippen LogP contribution is -2.39. The van der Waals surface area contributed by atoms with Gasteiger partial charge in [0.25, 0.3) is 5.91 Å². The summed E-state index contributed by atoms with van der Waals surface area (Å²) in [5, 5.41) is 5.35. The van der Waals surface area contributed by atoms with Crippen molar-refractivity contribution in [1.29, 1.82) is 0 Å². The summed E-state index contributed by atoms with van der Waals surface area (Å²) in [5.41, 5.74) is 7.50. The highest BCUT2D eigenvalue weighted by Gasteiger charge is 2.22. The Balaban J connectivity index is 2.22. The van der Waals surface area contributed by atoms with E-state index in [1.54, 1.807) is 30.3 Å². The minimum atomic E-state index is -0.770. The summed E-state index contributed by atoms with van der Waals surface area (Å²) in [6.07, 6.45) is 0. The molecule has 4 N–H and O–H groups in total. The second-order valence-electron chi connectivity index (χ2n) is 5.55. The molecule has 2 amide bonds. The van der Waals surface area contributed by atoms with Crippen LogP contribution in [0.4, 0.5) is 0 Å². The van der Waals surface area contributed by atoms with Crippen molar-refractivity contribution in [3.63, 3.8) is 0 Å². The maximum atomic E-state index is 12.6. The van der Waals surface area contributed by atoms with E-state index in [9.17, 15) is 9.59 Å². The lowest BCUT2D eigenvalue weighted by molar-refractivity contribution is -0.122. The molecule has 25 heavy (non-hydrogen) atoms. The van der Waals surface area contributed by atoms with Crippen LogP contribution in [0.1, 0.15) is 27.5 Å². The van der Waals surface area contributed by atoms with Crippen LogP contribution in [0, 0.1) is 6.92 Å². The van der Waals surface area contributed by atoms with Crippen LogP contribution >= 0.6 is 0 Å². The number of likely N-dealkylation sites (N-methyl/N-ethyl adjacent to an activating group) is 1. The van der Waals surface area contributed by atoms with Crippen LogP contribution in [-0.2, 0) is 4.79 Å². The molecule has 0 aliphatic carbocycles. The van der Waals surface area contributed by atoms with Crippen molar-refractivity contribution in [1.82, 2.24) is 10.6 Å². The van der Waals surface area contributed by atoms with Crippen LogP contribution in [0.5, 0.6) is 5.75 Å². The van der Waals surface area contributed by atoms with E-state index in [1.807, 2.05) is 25.1 Å². The molecule has 1 atom stereocenters. The summed E-state index contributed by atoms with van der Waals surface area (Å²) in [4.78, 5) is 24.8. The molecule has 2 aromatic carbocycles. The van der Waals surface area contributed by atoms with E-state index in [2.05, 4.69) is 10.6 Å². The summed E-state index contributed by atoms with van der Waals surface area (Å²) >= 11 is 0. The summed E-state index contributed by atoms with van der Waals surface area (Å²) in [5.74, 6) is -0.0318. The normalized spacial score (nSPS) is 11.5. The molecule has 0 bridgehead atoms. The Kier molecular flexibility index (Phi) is 6.54. The van der Waals surface area contributed by atoms with Crippen LogP contribution in [0.15, 0.2) is 48.5 Å². The van der Waals surface area contributed by atoms with E-state index in [-0.39, 0.29) is 11.8 Å². The minimum absolute atomic E-state index is 0.286. The quantitative estimate of drug-likeness (QED) is 0.712. The average Bonchev–Trinajstić information content (AvgIpc) is 2.65. The molecular weight excluding hydrogens is 318 g/mol. The van der Waals surface area contributed by atoms with E-state index in [0.717, 1.165) is 5.56 Å². The Hall–Kier alpha value is -2.86. The van der Waals surface area contributed by atoms with Gasteiger partial charge in [-0.2, -0.15) is 0 Å². The van der Waals surface area contributed by atoms with E-state index in [0.29, 0.717) is 30.0 Å². The molecule has 0 saturated carbocycles. The highest BCUT2D eigenvalue weighted by Crippen LogP contribution is 2.20. The van der Waals surface area contributed by atoms with Gasteiger partial charge in [0.1, 0.15) is 18.4 Å². The van der Waals surface area contributed by atoms with Gasteiger partial charge in [0, 0.05) is 19.2 Å². The number of amides is 2. The molecular formula is C19H23N3O3. The SMILES string of the molecule is CNC(=O)C(NC(=O)c1ccc(C)c(OCCN)c1)c1ccccc1. The number of hydrogen-bond donors (Lipinski definition) is 3. The molecule has 1 unspecified atom stereocenters. The second-order valence-corrected chi connectivity index (χ2v) is 5.55. The van der Waals surface area contributed by atoms with Gasteiger partial charge >= 0.3 is 0 Å². The van der Waals surface area contributed by atoms with Crippen LogP contribution in [0.2, 0.25) is 0 Å². The molecule has 2 rings (SSSR count). The first-order valence-corrected chi connectivity index (χ1v) is 8.07. The third kappa shape index (κ3) is 4.81. The fourth-order valence-corrected chi connectivity index (χ4v) is 2.37. The first-order valence-electron chi connectivity index (χ1n) is 8.07. The smallest absolute Gasteiger partial charge is 0.252 e. The van der Waals surface area contributed by atoms with Crippen molar-refractivity contribution in [2.45, 2.75) is 13.0 Å². The highest BCUT2D eigenvalue weighted by atomic mass is 16.5. The first-order chi connectivity index (χ1) is 12.1. The van der Waals surface area contributed by atoms with Gasteiger partial charge in [0.2, 0.25) is 5.91 Å². The topological polar surface area (TPSA) is 93.5 Å². The van der Waals surface area contributed by atoms with Crippen molar-refractivity contribution in [3.8, 4) is 5.75 Å². The van der Waals surface area contributed by atoms with Gasteiger partial charge in [0.05, 0.1) is 0 Å². The number of nitrogens with two attached hydrogens (primary N) is 1. The van der Waals surface area contributed by atoms with Crippen molar-refractivity contribution in [3.05, 3.63) is 65.2 Å². The lowest BCUT2D eigenvalue weighted by Gasteiger charge is -2.18. The zero-order valence-electron chi connectivity index (χ0n) is 14.4. The monoisotopic (exact) mass is 341 g/mol. The minimum Gasteiger partial charge on any atom is -0.492 e. The zero-order valence-corrected chi connectivity index (χ0v) is 14.4. The molecule has 0 aromatic heterocycles. The Morgan fingerprint density at radius 1 is 1.16 bits per heavy atom. The standard InChI is InChI=1S/C19H23N3O3/c1-13-8-9-15(12-16(13)25-11-10-20)18(23)22-17(19(24)21-2)14-6-4-3-5-7-14/h3-9,12,17H,10-11,20H2,1-2H3,(H,21,24)(H,22,23). The first kappa shape index (κ1) is 18.5. The number of carbonyl (C=O) groups is 2. The van der Waals surface area contributed by atoms with Crippen molar-refractivity contribution in [2.75, 3.05) is 20.2 Å². The maximum absolute atomic E-state index is 12.6. The molecule has 0 spiro atoms. The maximum Gasteiger partial charge on any atom is 0.252 e. The molecule has 6 nitrogen and oxygen atoms in total. The van der Waals surface area contributed by atoms with E-state index in [4.69, 9.17) is 10.5 Å². The molecule has 0 fully saturated rings. The number of hydrogen-bond acceptors (Lipinski definition) is 4. The number of carbonyl (C=O) groups excluding carboxylic acids is 2. The van der Waals surface area contributed by atoms with E-state index in [1.165, 1.54) is 7.05 Å². The van der Waals surface area contributed by atoms with Gasteiger partial charge < -0.3 is 21.1 Å². The largest absolute Gasteiger partial charge is 0.492 e. The van der Waals surface area contributed by atoms with Gasteiger partial charge in [-0.15, -0.1) is 0 Å². The second kappa shape index (κ2) is 8.84. The summed E-state index contributed by atoms with van der Waals surface area (Å²) < 4.78 is 5.55. The molecule has 132 valence electrons. The average molecular weight is 341 g/mol. The Bertz CT molecular complexity index is 732. The number of ether oxygens (including phenoxy) is 1. The van der Waals surface area contributed by atoms with Gasteiger partial charge in [0.15, 0.2) is 0 Å². The predicted octanol–water partition coefficient (Wildman–Crippen LogP) is 1.55. The number of benzene rings is 2. The Morgan fingerprint density at radius 3 is 2.52 bits per heavy atom. The van der Waals surface area contributed by atoms with Gasteiger partial charge in [-0.1, -0.05) is 36.4 Å². The van der Waals surface area contributed by atoms with Crippen LogP contribution in [0.25, 0.3) is 0 Å². The van der Waals surface area contributed by atoms with Crippen LogP contribution < -0.4 is 21.1 Å². The third-order valence-corrected chi connectivity index (χ3v) is 3.74. The lowest BCUT2D eigenvalue weighted by atomic mass is 10.0. The van der Waals surface area contributed by atoms with E-state index >= 15 is 0 Å². The van der Waals surface area contributed by atoms with E-state index < -0.39 is 6.04 Å². The van der Waals surface area contributed by atoms with Crippen molar-refractivity contribution < 1.29 is 14.3 Å². The summed E-state index contributed by atoms with van der Waals surface area (Å²) in [6, 6.07) is 13.5. The van der Waals surface area contributed by atoms with Crippen molar-refractivity contribution in [2.24, 2.45) is 5.73 Å². The molecule has 2 aromatic rings. The van der Waals surface area contributed by atoms with Gasteiger partial charge in [-0.05, 0) is 30.2 Å². The molecule has 0 radical (unpaired) electrons. The Morgan fingerprint density at radius 2 is 1.88 bits per heavy atom. The van der Waals surface area contributed by atoms with Crippen LogP contribution in [-0.4, -0.2) is 32.0 Å². The number of rotatable bonds is 7. The Labute approximate surface area is 147 Å². The fourth-order valence-electron chi connectivity index (χ4n) is 2.37. The molecule has 0 saturated heterocycles.